The van der Waals surface area contributed by atoms with Gasteiger partial charge in [0.1, 0.15) is 0 Å². The zero-order valence-electron chi connectivity index (χ0n) is 17.7. The lowest BCUT2D eigenvalue weighted by molar-refractivity contribution is -0.117. The molecule has 0 bridgehead atoms. The van der Waals surface area contributed by atoms with Gasteiger partial charge in [0.05, 0.1) is 13.2 Å². The van der Waals surface area contributed by atoms with Crippen LogP contribution in [0.3, 0.4) is 0 Å². The Balaban J connectivity index is 1.85. The van der Waals surface area contributed by atoms with Crippen LogP contribution in [0.2, 0.25) is 0 Å². The van der Waals surface area contributed by atoms with Gasteiger partial charge in [-0.15, -0.1) is 0 Å². The molecule has 0 unspecified atom stereocenters. The lowest BCUT2D eigenvalue weighted by Gasteiger charge is -2.31. The number of carbonyl (C=O) groups excluding carboxylic acids is 1. The van der Waals surface area contributed by atoms with E-state index in [4.69, 9.17) is 9.47 Å². The first kappa shape index (κ1) is 22.0. The zero-order valence-corrected chi connectivity index (χ0v) is 17.7. The Labute approximate surface area is 169 Å². The van der Waals surface area contributed by atoms with E-state index in [-0.39, 0.29) is 11.9 Å². The molecule has 1 N–H and O–H groups in total. The summed E-state index contributed by atoms with van der Waals surface area (Å²) >= 11 is 0. The van der Waals surface area contributed by atoms with Crippen molar-refractivity contribution in [2.75, 3.05) is 32.8 Å². The van der Waals surface area contributed by atoms with E-state index in [1.807, 2.05) is 38.1 Å². The summed E-state index contributed by atoms with van der Waals surface area (Å²) in [6.45, 7) is 12.3. The Morgan fingerprint density at radius 2 is 1.82 bits per heavy atom. The fourth-order valence-corrected chi connectivity index (χ4v) is 3.16. The fourth-order valence-electron chi connectivity index (χ4n) is 3.16. The molecule has 1 aliphatic rings. The minimum atomic E-state index is -0.0467. The van der Waals surface area contributed by atoms with Crippen LogP contribution in [0.15, 0.2) is 35.9 Å². The van der Waals surface area contributed by atoms with E-state index in [0.717, 1.165) is 43.8 Å². The molecular weight excluding hydrogens is 352 g/mol. The summed E-state index contributed by atoms with van der Waals surface area (Å²) in [4.78, 5) is 14.7. The molecule has 1 amide bonds. The number of nitrogens with one attached hydrogen (secondary N) is 1. The zero-order chi connectivity index (χ0) is 20.4. The molecule has 2 rings (SSSR count). The van der Waals surface area contributed by atoms with Gasteiger partial charge in [0.15, 0.2) is 11.5 Å². The molecule has 28 heavy (non-hydrogen) atoms. The molecule has 5 heteroatoms. The number of nitrogens with zero attached hydrogens (tertiary/aromatic N) is 1. The van der Waals surface area contributed by atoms with Gasteiger partial charge in [-0.25, -0.2) is 0 Å². The number of amides is 1. The number of carbonyl (C=O) groups is 1. The summed E-state index contributed by atoms with van der Waals surface area (Å²) < 4.78 is 11.2. The van der Waals surface area contributed by atoms with Crippen LogP contribution in [-0.2, 0) is 4.79 Å². The van der Waals surface area contributed by atoms with Crippen LogP contribution in [-0.4, -0.2) is 49.7 Å². The number of hydrogen-bond acceptors (Lipinski definition) is 4. The van der Waals surface area contributed by atoms with Crippen molar-refractivity contribution in [3.05, 3.63) is 41.5 Å². The molecule has 0 aromatic heterocycles. The first-order valence-electron chi connectivity index (χ1n) is 10.3. The highest BCUT2D eigenvalue weighted by atomic mass is 16.5. The van der Waals surface area contributed by atoms with Crippen molar-refractivity contribution >= 4 is 12.0 Å². The van der Waals surface area contributed by atoms with E-state index in [1.165, 1.54) is 5.57 Å². The van der Waals surface area contributed by atoms with Gasteiger partial charge in [0.2, 0.25) is 5.91 Å². The van der Waals surface area contributed by atoms with Crippen molar-refractivity contribution in [3.63, 3.8) is 0 Å². The normalized spacial score (nSPS) is 15.4. The summed E-state index contributed by atoms with van der Waals surface area (Å²) in [5.41, 5.74) is 2.26. The van der Waals surface area contributed by atoms with Crippen LogP contribution in [0.1, 0.15) is 46.1 Å². The largest absolute Gasteiger partial charge is 0.490 e. The molecule has 154 valence electrons. The van der Waals surface area contributed by atoms with Crippen molar-refractivity contribution in [1.29, 1.82) is 0 Å². The molecule has 1 saturated heterocycles. The number of ether oxygens (including phenoxy) is 2. The van der Waals surface area contributed by atoms with E-state index < -0.39 is 0 Å². The minimum absolute atomic E-state index is 0.0467. The highest BCUT2D eigenvalue weighted by Crippen LogP contribution is 2.29. The Bertz CT molecular complexity index is 685. The molecular formula is C23H34N2O3. The average molecular weight is 387 g/mol. The molecule has 0 spiro atoms. The van der Waals surface area contributed by atoms with E-state index in [1.54, 1.807) is 6.08 Å². The van der Waals surface area contributed by atoms with Crippen LogP contribution in [0.4, 0.5) is 0 Å². The predicted octanol–water partition coefficient (Wildman–Crippen LogP) is 4.04. The van der Waals surface area contributed by atoms with Crippen molar-refractivity contribution in [2.24, 2.45) is 0 Å². The molecule has 1 aromatic rings. The lowest BCUT2D eigenvalue weighted by Crippen LogP contribution is -2.44. The van der Waals surface area contributed by atoms with Crippen LogP contribution in [0, 0.1) is 0 Å². The highest BCUT2D eigenvalue weighted by molar-refractivity contribution is 5.92. The Morgan fingerprint density at radius 3 is 2.46 bits per heavy atom. The number of allylic oxidation sites excluding steroid dienone is 1. The predicted molar refractivity (Wildman–Crippen MR) is 115 cm³/mol. The lowest BCUT2D eigenvalue weighted by atomic mass is 10.0. The number of piperidine rings is 1. The molecule has 1 fully saturated rings. The smallest absolute Gasteiger partial charge is 0.244 e. The second-order valence-electron chi connectivity index (χ2n) is 7.27. The van der Waals surface area contributed by atoms with Crippen molar-refractivity contribution < 1.29 is 14.3 Å². The molecule has 1 heterocycles. The van der Waals surface area contributed by atoms with Gasteiger partial charge in [-0.05, 0) is 64.3 Å². The molecule has 1 aliphatic heterocycles. The summed E-state index contributed by atoms with van der Waals surface area (Å²) in [6.07, 6.45) is 7.66. The van der Waals surface area contributed by atoms with Crippen LogP contribution < -0.4 is 14.8 Å². The monoisotopic (exact) mass is 386 g/mol. The summed E-state index contributed by atoms with van der Waals surface area (Å²) in [5.74, 6) is 1.39. The number of likely N-dealkylation sites (tertiary alicyclic amines) is 1. The molecule has 0 saturated carbocycles. The Morgan fingerprint density at radius 1 is 1.14 bits per heavy atom. The summed E-state index contributed by atoms with van der Waals surface area (Å²) in [5, 5.41) is 3.12. The third-order valence-electron chi connectivity index (χ3n) is 4.69. The van der Waals surface area contributed by atoms with Crippen LogP contribution >= 0.6 is 0 Å². The molecule has 5 nitrogen and oxygen atoms in total. The van der Waals surface area contributed by atoms with Gasteiger partial charge >= 0.3 is 0 Å². The summed E-state index contributed by atoms with van der Waals surface area (Å²) in [7, 11) is 0. The standard InChI is InChI=1S/C23H34N2O3/c1-5-27-21-9-7-19(17-22(21)28-6-2)8-10-23(26)24-20-12-15-25(16-13-20)14-11-18(3)4/h7-11,17,20H,5-6,12-16H2,1-4H3,(H,24,26)/b10-8+. The van der Waals surface area contributed by atoms with E-state index in [0.29, 0.717) is 19.0 Å². The highest BCUT2D eigenvalue weighted by Gasteiger charge is 2.19. The van der Waals surface area contributed by atoms with Gasteiger partial charge in [-0.2, -0.15) is 0 Å². The van der Waals surface area contributed by atoms with E-state index in [9.17, 15) is 4.79 Å². The maximum Gasteiger partial charge on any atom is 0.244 e. The average Bonchev–Trinajstić information content (AvgIpc) is 2.68. The van der Waals surface area contributed by atoms with Gasteiger partial charge in [-0.1, -0.05) is 17.7 Å². The van der Waals surface area contributed by atoms with Gasteiger partial charge < -0.3 is 14.8 Å². The Kier molecular flexibility index (Phi) is 9.08. The topological polar surface area (TPSA) is 50.8 Å². The minimum Gasteiger partial charge on any atom is -0.490 e. The number of hydrogen-bond donors (Lipinski definition) is 1. The maximum absolute atomic E-state index is 12.3. The van der Waals surface area contributed by atoms with Crippen molar-refractivity contribution in [1.82, 2.24) is 10.2 Å². The second-order valence-corrected chi connectivity index (χ2v) is 7.27. The van der Waals surface area contributed by atoms with Crippen LogP contribution in [0.5, 0.6) is 11.5 Å². The van der Waals surface area contributed by atoms with Gasteiger partial charge in [0.25, 0.3) is 0 Å². The fraction of sp³-hybridized carbons (Fsp3) is 0.522. The number of rotatable bonds is 9. The van der Waals surface area contributed by atoms with Gasteiger partial charge in [-0.3, -0.25) is 9.69 Å². The molecule has 0 aliphatic carbocycles. The number of benzene rings is 1. The van der Waals surface area contributed by atoms with E-state index in [2.05, 4.69) is 30.1 Å². The summed E-state index contributed by atoms with van der Waals surface area (Å²) in [6, 6.07) is 5.97. The molecule has 1 aromatic carbocycles. The van der Waals surface area contributed by atoms with Crippen molar-refractivity contribution in [2.45, 2.75) is 46.6 Å². The van der Waals surface area contributed by atoms with Crippen molar-refractivity contribution in [3.8, 4) is 11.5 Å². The SMILES string of the molecule is CCOc1ccc(/C=C/C(=O)NC2CCN(CC=C(C)C)CC2)cc1OCC. The van der Waals surface area contributed by atoms with E-state index >= 15 is 0 Å². The molecule has 0 radical (unpaired) electrons. The first-order valence-corrected chi connectivity index (χ1v) is 10.3. The second kappa shape index (κ2) is 11.5. The van der Waals surface area contributed by atoms with Gasteiger partial charge in [0, 0.05) is 31.8 Å². The quantitative estimate of drug-likeness (QED) is 0.514. The maximum atomic E-state index is 12.3. The first-order chi connectivity index (χ1) is 13.5. The van der Waals surface area contributed by atoms with Crippen LogP contribution in [0.25, 0.3) is 6.08 Å². The Hall–Kier alpha value is -2.27. The third kappa shape index (κ3) is 7.39. The molecule has 0 atom stereocenters. The third-order valence-corrected chi connectivity index (χ3v) is 4.69.